The molecule has 0 fully saturated rings. The quantitative estimate of drug-likeness (QED) is 0.420. The van der Waals surface area contributed by atoms with E-state index in [1.54, 1.807) is 0 Å². The first kappa shape index (κ1) is 17.8. The number of allylic oxidation sites excluding steroid dienone is 2. The molecule has 0 unspecified atom stereocenters. The molecule has 0 aliphatic heterocycles. The molecule has 0 aromatic rings. The Morgan fingerprint density at radius 2 is 1.50 bits per heavy atom. The summed E-state index contributed by atoms with van der Waals surface area (Å²) in [5.74, 6) is 0. The fourth-order valence-electron chi connectivity index (χ4n) is 2.54. The van der Waals surface area contributed by atoms with Crippen molar-refractivity contribution >= 4 is 7.12 Å². The van der Waals surface area contributed by atoms with Gasteiger partial charge in [-0.3, -0.25) is 0 Å². The molecule has 2 nitrogen and oxygen atoms in total. The van der Waals surface area contributed by atoms with E-state index in [0.29, 0.717) is 0 Å². The van der Waals surface area contributed by atoms with E-state index in [4.69, 9.17) is 9.31 Å². The van der Waals surface area contributed by atoms with Crippen LogP contribution in [0.15, 0.2) is 11.5 Å². The zero-order chi connectivity index (χ0) is 14.5. The van der Waals surface area contributed by atoms with Crippen molar-refractivity contribution in [2.45, 2.75) is 84.5 Å². The summed E-state index contributed by atoms with van der Waals surface area (Å²) in [7, 11) is -0.0776. The fraction of sp³-hybridized carbons (Fsp3) is 0.882. The van der Waals surface area contributed by atoms with Crippen LogP contribution in [0.25, 0.3) is 0 Å². The standard InChI is InChI=1S/C17H33BO2/c1-3-5-15-19-18(20-16-6-4-2)17-13-11-9-7-8-10-12-14-17/h13H,3-12,14-16H2,1-2H3/b17-13+. The topological polar surface area (TPSA) is 18.5 Å². The van der Waals surface area contributed by atoms with Gasteiger partial charge in [0.05, 0.1) is 0 Å². The van der Waals surface area contributed by atoms with Gasteiger partial charge in [0.25, 0.3) is 0 Å². The molecule has 1 aliphatic rings. The molecular formula is C17H33BO2. The van der Waals surface area contributed by atoms with E-state index in [0.717, 1.165) is 32.5 Å². The van der Waals surface area contributed by atoms with Crippen LogP contribution in [0.5, 0.6) is 0 Å². The summed E-state index contributed by atoms with van der Waals surface area (Å²) in [4.78, 5) is 0. The highest BCUT2D eigenvalue weighted by Gasteiger charge is 2.23. The van der Waals surface area contributed by atoms with Crippen LogP contribution in [-0.4, -0.2) is 20.3 Å². The van der Waals surface area contributed by atoms with Gasteiger partial charge in [-0.05, 0) is 37.6 Å². The molecule has 3 heteroatoms. The first-order valence-electron chi connectivity index (χ1n) is 8.80. The fourth-order valence-corrected chi connectivity index (χ4v) is 2.54. The number of rotatable bonds is 9. The van der Waals surface area contributed by atoms with Crippen molar-refractivity contribution in [3.63, 3.8) is 0 Å². The lowest BCUT2D eigenvalue weighted by Crippen LogP contribution is -2.27. The van der Waals surface area contributed by atoms with E-state index >= 15 is 0 Å². The zero-order valence-corrected chi connectivity index (χ0v) is 13.7. The Morgan fingerprint density at radius 1 is 0.900 bits per heavy atom. The molecule has 0 saturated carbocycles. The minimum atomic E-state index is -0.0776. The molecule has 116 valence electrons. The molecule has 0 amide bonds. The van der Waals surface area contributed by atoms with Crippen LogP contribution in [0.2, 0.25) is 0 Å². The van der Waals surface area contributed by atoms with Gasteiger partial charge in [0.1, 0.15) is 0 Å². The van der Waals surface area contributed by atoms with Gasteiger partial charge in [-0.25, -0.2) is 0 Å². The molecule has 0 N–H and O–H groups in total. The Labute approximate surface area is 126 Å². The van der Waals surface area contributed by atoms with Crippen LogP contribution in [0.4, 0.5) is 0 Å². The van der Waals surface area contributed by atoms with Gasteiger partial charge < -0.3 is 9.31 Å². The van der Waals surface area contributed by atoms with Gasteiger partial charge in [-0.2, -0.15) is 0 Å². The summed E-state index contributed by atoms with van der Waals surface area (Å²) in [6.45, 7) is 6.06. The van der Waals surface area contributed by atoms with Crippen molar-refractivity contribution < 1.29 is 9.31 Å². The average molecular weight is 280 g/mol. The van der Waals surface area contributed by atoms with Gasteiger partial charge in [-0.1, -0.05) is 58.4 Å². The number of hydrogen-bond donors (Lipinski definition) is 0. The second-order valence-corrected chi connectivity index (χ2v) is 5.87. The highest BCUT2D eigenvalue weighted by molar-refractivity contribution is 6.53. The minimum absolute atomic E-state index is 0.0776. The van der Waals surface area contributed by atoms with E-state index in [1.165, 1.54) is 56.8 Å². The third-order valence-electron chi connectivity index (χ3n) is 3.91. The van der Waals surface area contributed by atoms with Crippen molar-refractivity contribution in [2.24, 2.45) is 0 Å². The molecule has 0 atom stereocenters. The average Bonchev–Trinajstić information content (AvgIpc) is 2.59. The molecule has 20 heavy (non-hydrogen) atoms. The van der Waals surface area contributed by atoms with Crippen LogP contribution in [0.1, 0.15) is 84.5 Å². The van der Waals surface area contributed by atoms with Crippen molar-refractivity contribution in [3.05, 3.63) is 11.5 Å². The van der Waals surface area contributed by atoms with Crippen molar-refractivity contribution in [3.8, 4) is 0 Å². The van der Waals surface area contributed by atoms with Crippen LogP contribution in [-0.2, 0) is 9.31 Å². The Bertz CT molecular complexity index is 243. The highest BCUT2D eigenvalue weighted by Crippen LogP contribution is 2.20. The minimum Gasteiger partial charge on any atom is -0.407 e. The lowest BCUT2D eigenvalue weighted by molar-refractivity contribution is 0.197. The summed E-state index contributed by atoms with van der Waals surface area (Å²) >= 11 is 0. The number of hydrogen-bond acceptors (Lipinski definition) is 2. The lowest BCUT2D eigenvalue weighted by atomic mass is 9.74. The molecule has 0 saturated heterocycles. The van der Waals surface area contributed by atoms with Crippen molar-refractivity contribution in [2.75, 3.05) is 13.2 Å². The molecule has 1 rings (SSSR count). The zero-order valence-electron chi connectivity index (χ0n) is 13.7. The van der Waals surface area contributed by atoms with Gasteiger partial charge in [0.2, 0.25) is 0 Å². The van der Waals surface area contributed by atoms with Crippen LogP contribution < -0.4 is 0 Å². The van der Waals surface area contributed by atoms with Crippen molar-refractivity contribution in [1.82, 2.24) is 0 Å². The maximum Gasteiger partial charge on any atom is 0.489 e. The summed E-state index contributed by atoms with van der Waals surface area (Å²) in [5.41, 5.74) is 1.40. The van der Waals surface area contributed by atoms with Crippen LogP contribution >= 0.6 is 0 Å². The summed E-state index contributed by atoms with van der Waals surface area (Å²) in [6, 6.07) is 0. The Hall–Kier alpha value is -0.275. The predicted octanol–water partition coefficient (Wildman–Crippen LogP) is 5.32. The van der Waals surface area contributed by atoms with Gasteiger partial charge >= 0.3 is 7.12 Å². The molecule has 0 radical (unpaired) electrons. The summed E-state index contributed by atoms with van der Waals surface area (Å²) in [5, 5.41) is 0. The van der Waals surface area contributed by atoms with Crippen molar-refractivity contribution in [1.29, 1.82) is 0 Å². The maximum atomic E-state index is 6.02. The molecule has 0 spiro atoms. The molecule has 1 aliphatic carbocycles. The summed E-state index contributed by atoms with van der Waals surface area (Å²) < 4.78 is 12.0. The maximum absolute atomic E-state index is 6.02. The Balaban J connectivity index is 2.51. The molecule has 0 heterocycles. The monoisotopic (exact) mass is 280 g/mol. The van der Waals surface area contributed by atoms with E-state index in [9.17, 15) is 0 Å². The van der Waals surface area contributed by atoms with E-state index in [2.05, 4.69) is 19.9 Å². The van der Waals surface area contributed by atoms with Gasteiger partial charge in [0.15, 0.2) is 0 Å². The molecule has 0 aromatic carbocycles. The predicted molar refractivity (Wildman–Crippen MR) is 87.9 cm³/mol. The summed E-state index contributed by atoms with van der Waals surface area (Å²) in [6.07, 6.45) is 16.1. The Kier molecular flexibility index (Phi) is 11.1. The number of unbranched alkanes of at least 4 members (excludes halogenated alkanes) is 2. The van der Waals surface area contributed by atoms with Crippen LogP contribution in [0, 0.1) is 0 Å². The second kappa shape index (κ2) is 12.5. The van der Waals surface area contributed by atoms with Gasteiger partial charge in [-0.15, -0.1) is 0 Å². The lowest BCUT2D eigenvalue weighted by Gasteiger charge is -2.18. The first-order valence-corrected chi connectivity index (χ1v) is 8.80. The van der Waals surface area contributed by atoms with E-state index in [-0.39, 0.29) is 7.12 Å². The van der Waals surface area contributed by atoms with E-state index < -0.39 is 0 Å². The molecule has 0 aromatic heterocycles. The third-order valence-corrected chi connectivity index (χ3v) is 3.91. The van der Waals surface area contributed by atoms with Crippen LogP contribution in [0.3, 0.4) is 0 Å². The highest BCUT2D eigenvalue weighted by atomic mass is 16.6. The second-order valence-electron chi connectivity index (χ2n) is 5.87. The smallest absolute Gasteiger partial charge is 0.407 e. The van der Waals surface area contributed by atoms with Gasteiger partial charge in [0, 0.05) is 13.2 Å². The first-order chi connectivity index (χ1) is 9.88. The SMILES string of the molecule is CCCCOB(OCCCC)/C1=C/CCCCCCC1. The Morgan fingerprint density at radius 3 is 2.15 bits per heavy atom. The normalized spacial score (nSPS) is 19.6. The largest absolute Gasteiger partial charge is 0.489 e. The van der Waals surface area contributed by atoms with E-state index in [1.807, 2.05) is 0 Å². The molecular weight excluding hydrogens is 247 g/mol. The molecule has 0 bridgehead atoms. The third kappa shape index (κ3) is 8.11.